The molecule has 0 aromatic heterocycles. The Morgan fingerprint density at radius 2 is 2.00 bits per heavy atom. The van der Waals surface area contributed by atoms with Gasteiger partial charge in [0.2, 0.25) is 5.91 Å². The average Bonchev–Trinajstić information content (AvgIpc) is 3.44. The number of para-hydroxylation sites is 1. The highest BCUT2D eigenvalue weighted by Crippen LogP contribution is 2.72. The molecule has 3 fully saturated rings. The van der Waals surface area contributed by atoms with Crippen LogP contribution in [0.3, 0.4) is 0 Å². The van der Waals surface area contributed by atoms with Crippen molar-refractivity contribution in [2.45, 2.75) is 61.6 Å². The molecule has 6 atom stereocenters. The van der Waals surface area contributed by atoms with Crippen LogP contribution in [0.2, 0.25) is 5.02 Å². The topological polar surface area (TPSA) is 87.1 Å². The van der Waals surface area contributed by atoms with E-state index < -0.39 is 39.4 Å². The summed E-state index contributed by atoms with van der Waals surface area (Å²) < 4.78 is 4.25. The van der Waals surface area contributed by atoms with Gasteiger partial charge in [0, 0.05) is 11.3 Å². The smallest absolute Gasteiger partial charge is 0.311 e. The number of thioether (sulfide) groups is 1. The summed E-state index contributed by atoms with van der Waals surface area (Å²) in [6.07, 6.45) is 5.12. The summed E-state index contributed by atoms with van der Waals surface area (Å²) in [4.78, 5) is 45.5. The first kappa shape index (κ1) is 28.7. The Kier molecular flexibility index (Phi) is 8.36. The largest absolute Gasteiger partial charge is 0.465 e. The first-order chi connectivity index (χ1) is 18.1. The molecule has 0 aliphatic carbocycles. The summed E-state index contributed by atoms with van der Waals surface area (Å²) in [5, 5.41) is 10.8. The van der Waals surface area contributed by atoms with Crippen molar-refractivity contribution in [3.8, 4) is 0 Å². The van der Waals surface area contributed by atoms with Crippen molar-refractivity contribution in [3.63, 3.8) is 0 Å². The maximum Gasteiger partial charge on any atom is 0.311 e. The van der Waals surface area contributed by atoms with E-state index in [1.165, 1.54) is 0 Å². The molecule has 7 nitrogen and oxygen atoms in total. The molecule has 38 heavy (non-hydrogen) atoms. The Morgan fingerprint density at radius 3 is 2.61 bits per heavy atom. The van der Waals surface area contributed by atoms with E-state index in [0.717, 1.165) is 0 Å². The molecule has 3 aliphatic rings. The Bertz CT molecular complexity index is 1130. The van der Waals surface area contributed by atoms with Crippen LogP contribution in [0, 0.1) is 17.8 Å². The van der Waals surface area contributed by atoms with Crippen LogP contribution in [0.5, 0.6) is 0 Å². The zero-order valence-electron chi connectivity index (χ0n) is 22.3. The molecule has 2 bridgehead atoms. The fraction of sp³-hybridized carbons (Fsp3) is 0.552. The SMILES string of the molecule is C=CCCOC(=O)[C@H]1[C@H]2C(=O)N([C@@H](CO)C(C)C)C(C(=O)N(CC=C)c3ccccc3Cl)C23CC[C@]1(C)S3. The van der Waals surface area contributed by atoms with Gasteiger partial charge in [-0.1, -0.05) is 49.7 Å². The van der Waals surface area contributed by atoms with E-state index in [1.807, 2.05) is 20.8 Å². The van der Waals surface area contributed by atoms with Crippen molar-refractivity contribution >= 4 is 46.8 Å². The van der Waals surface area contributed by atoms with Gasteiger partial charge in [0.1, 0.15) is 6.04 Å². The van der Waals surface area contributed by atoms with Crippen molar-refractivity contribution in [1.82, 2.24) is 4.90 Å². The number of benzene rings is 1. The van der Waals surface area contributed by atoms with E-state index in [1.54, 1.807) is 58.0 Å². The second-order valence-electron chi connectivity index (χ2n) is 10.9. The second-order valence-corrected chi connectivity index (χ2v) is 13.2. The zero-order valence-corrected chi connectivity index (χ0v) is 23.8. The molecule has 3 aliphatic heterocycles. The predicted octanol–water partition coefficient (Wildman–Crippen LogP) is 4.48. The number of aliphatic hydroxyl groups is 1. The third kappa shape index (κ3) is 4.48. The van der Waals surface area contributed by atoms with Crippen LogP contribution < -0.4 is 4.90 Å². The fourth-order valence-electron chi connectivity index (χ4n) is 6.57. The Balaban J connectivity index is 1.84. The van der Waals surface area contributed by atoms with Gasteiger partial charge in [0.25, 0.3) is 5.91 Å². The molecule has 9 heteroatoms. The summed E-state index contributed by atoms with van der Waals surface area (Å²) in [6.45, 7) is 13.5. The molecule has 3 heterocycles. The number of fused-ring (bicyclic) bond motifs is 1. The van der Waals surface area contributed by atoms with Crippen molar-refractivity contribution in [1.29, 1.82) is 0 Å². The molecule has 1 N–H and O–H groups in total. The van der Waals surface area contributed by atoms with Crippen LogP contribution in [0.25, 0.3) is 0 Å². The van der Waals surface area contributed by atoms with E-state index in [-0.39, 0.29) is 37.5 Å². The van der Waals surface area contributed by atoms with Crippen molar-refractivity contribution in [2.24, 2.45) is 17.8 Å². The van der Waals surface area contributed by atoms with Crippen LogP contribution in [-0.2, 0) is 19.1 Å². The minimum Gasteiger partial charge on any atom is -0.465 e. The van der Waals surface area contributed by atoms with Crippen LogP contribution >= 0.6 is 23.4 Å². The lowest BCUT2D eigenvalue weighted by Crippen LogP contribution is -2.58. The number of rotatable bonds is 11. The number of aliphatic hydroxyl groups excluding tert-OH is 1. The van der Waals surface area contributed by atoms with Gasteiger partial charge < -0.3 is 19.6 Å². The Morgan fingerprint density at radius 1 is 1.29 bits per heavy atom. The van der Waals surface area contributed by atoms with Gasteiger partial charge in [-0.2, -0.15) is 0 Å². The highest BCUT2D eigenvalue weighted by molar-refractivity contribution is 8.02. The molecule has 1 spiro atoms. The predicted molar refractivity (Wildman–Crippen MR) is 151 cm³/mol. The van der Waals surface area contributed by atoms with Gasteiger partial charge in [-0.05, 0) is 44.2 Å². The third-order valence-corrected chi connectivity index (χ3v) is 10.6. The average molecular weight is 561 g/mol. The summed E-state index contributed by atoms with van der Waals surface area (Å²) in [6, 6.07) is 5.62. The standard InChI is InChI=1S/C29H37ClN2O5S/c1-6-8-16-37-27(36)23-22-25(34)32(21(17-33)18(3)4)24(29(22)14-13-28(23,5)38-29)26(35)31(15-7-2)20-12-10-9-11-19(20)30/h6-7,9-12,18,21-24,33H,1-2,8,13-17H2,3-5H3/t21-,22-,23+,24?,28-,29?/m0/s1. The number of carbonyl (C=O) groups excluding carboxylic acids is 3. The summed E-state index contributed by atoms with van der Waals surface area (Å²) in [5.74, 6) is -2.48. The minimum atomic E-state index is -0.881. The first-order valence-electron chi connectivity index (χ1n) is 13.2. The van der Waals surface area contributed by atoms with E-state index in [9.17, 15) is 19.5 Å². The lowest BCUT2D eigenvalue weighted by molar-refractivity contribution is -0.156. The Hall–Kier alpha value is -2.29. The number of nitrogens with zero attached hydrogens (tertiary/aromatic N) is 2. The molecule has 4 rings (SSSR count). The molecule has 0 saturated carbocycles. The molecule has 1 aromatic rings. The minimum absolute atomic E-state index is 0.113. The van der Waals surface area contributed by atoms with E-state index >= 15 is 0 Å². The van der Waals surface area contributed by atoms with Crippen molar-refractivity contribution in [2.75, 3.05) is 24.7 Å². The number of hydrogen-bond acceptors (Lipinski definition) is 6. The monoisotopic (exact) mass is 560 g/mol. The lowest BCUT2D eigenvalue weighted by atomic mass is 9.66. The summed E-state index contributed by atoms with van der Waals surface area (Å²) in [5.41, 5.74) is 0.528. The quantitative estimate of drug-likeness (QED) is 0.244. The van der Waals surface area contributed by atoms with Gasteiger partial charge in [0.15, 0.2) is 0 Å². The van der Waals surface area contributed by atoms with E-state index in [0.29, 0.717) is 30.0 Å². The maximum atomic E-state index is 14.6. The molecule has 1 aromatic carbocycles. The van der Waals surface area contributed by atoms with Crippen LogP contribution in [0.1, 0.15) is 40.0 Å². The molecule has 3 saturated heterocycles. The van der Waals surface area contributed by atoms with Gasteiger partial charge in [0.05, 0.1) is 46.5 Å². The van der Waals surface area contributed by atoms with E-state index in [4.69, 9.17) is 16.3 Å². The number of esters is 1. The first-order valence-corrected chi connectivity index (χ1v) is 14.3. The molecule has 2 amide bonds. The number of carbonyl (C=O) groups is 3. The number of ether oxygens (including phenoxy) is 1. The summed E-state index contributed by atoms with van der Waals surface area (Å²) in [7, 11) is 0. The molecular formula is C29H37ClN2O5S. The van der Waals surface area contributed by atoms with Gasteiger partial charge in [-0.25, -0.2) is 0 Å². The number of amides is 2. The van der Waals surface area contributed by atoms with Gasteiger partial charge in [-0.3, -0.25) is 14.4 Å². The van der Waals surface area contributed by atoms with Crippen molar-refractivity contribution in [3.05, 3.63) is 54.6 Å². The second kappa shape index (κ2) is 11.1. The molecule has 2 unspecified atom stereocenters. The summed E-state index contributed by atoms with van der Waals surface area (Å²) >= 11 is 8.10. The van der Waals surface area contributed by atoms with Crippen LogP contribution in [-0.4, -0.2) is 69.1 Å². The number of hydrogen-bond donors (Lipinski definition) is 1. The van der Waals surface area contributed by atoms with E-state index in [2.05, 4.69) is 13.2 Å². The number of likely N-dealkylation sites (tertiary alicyclic amines) is 1. The maximum absolute atomic E-state index is 14.6. The van der Waals surface area contributed by atoms with Gasteiger partial charge >= 0.3 is 5.97 Å². The zero-order chi connectivity index (χ0) is 27.8. The molecule has 206 valence electrons. The number of halogens is 1. The fourth-order valence-corrected chi connectivity index (χ4v) is 9.13. The highest BCUT2D eigenvalue weighted by Gasteiger charge is 2.78. The highest BCUT2D eigenvalue weighted by atomic mass is 35.5. The van der Waals surface area contributed by atoms with Gasteiger partial charge in [-0.15, -0.1) is 24.9 Å². The molecule has 0 radical (unpaired) electrons. The van der Waals surface area contributed by atoms with Crippen LogP contribution in [0.15, 0.2) is 49.6 Å². The molecular weight excluding hydrogens is 524 g/mol. The Labute approximate surface area is 234 Å². The normalized spacial score (nSPS) is 30.3. The third-order valence-electron chi connectivity index (χ3n) is 8.30. The van der Waals surface area contributed by atoms with Crippen LogP contribution in [0.4, 0.5) is 5.69 Å². The number of anilines is 1. The lowest BCUT2D eigenvalue weighted by Gasteiger charge is -2.40. The van der Waals surface area contributed by atoms with Crippen molar-refractivity contribution < 1.29 is 24.2 Å².